The highest BCUT2D eigenvalue weighted by Crippen LogP contribution is 2.38. The number of ether oxygens (including phenoxy) is 1. The summed E-state index contributed by atoms with van der Waals surface area (Å²) in [6.07, 6.45) is 1.97. The maximum Gasteiger partial charge on any atom is 0.174 e. The quantitative estimate of drug-likeness (QED) is 0.611. The standard InChI is InChI=1S/C20H17ClO3/c1-24-16-11-17(13-5-3-2-4-6-13)19(18(22)12-16)20(23)14-7-9-15(21)10-8-14/h2-10,12,17,19H,11H2,1H3. The van der Waals surface area contributed by atoms with E-state index in [1.807, 2.05) is 30.3 Å². The molecule has 2 unspecified atom stereocenters. The molecule has 2 aromatic carbocycles. The van der Waals surface area contributed by atoms with Crippen molar-refractivity contribution in [2.45, 2.75) is 12.3 Å². The van der Waals surface area contributed by atoms with E-state index in [0.29, 0.717) is 22.8 Å². The van der Waals surface area contributed by atoms with Gasteiger partial charge in [0, 0.05) is 29.0 Å². The maximum atomic E-state index is 13.0. The van der Waals surface area contributed by atoms with Crippen LogP contribution in [-0.2, 0) is 9.53 Å². The molecule has 1 aliphatic rings. The van der Waals surface area contributed by atoms with Crippen LogP contribution in [0.1, 0.15) is 28.3 Å². The first-order chi connectivity index (χ1) is 11.6. The van der Waals surface area contributed by atoms with E-state index in [2.05, 4.69) is 0 Å². The van der Waals surface area contributed by atoms with Crippen LogP contribution in [0.2, 0.25) is 5.02 Å². The van der Waals surface area contributed by atoms with Crippen molar-refractivity contribution in [3.05, 3.63) is 82.6 Å². The van der Waals surface area contributed by atoms with Gasteiger partial charge in [0.05, 0.1) is 18.8 Å². The van der Waals surface area contributed by atoms with Crippen LogP contribution >= 0.6 is 11.6 Å². The number of carbonyl (C=O) groups excluding carboxylic acids is 2. The molecule has 2 atom stereocenters. The van der Waals surface area contributed by atoms with Crippen molar-refractivity contribution in [2.75, 3.05) is 7.11 Å². The first-order valence-electron chi connectivity index (χ1n) is 7.73. The molecule has 0 aromatic heterocycles. The van der Waals surface area contributed by atoms with Crippen LogP contribution in [-0.4, -0.2) is 18.7 Å². The summed E-state index contributed by atoms with van der Waals surface area (Å²) < 4.78 is 5.27. The lowest BCUT2D eigenvalue weighted by atomic mass is 9.73. The van der Waals surface area contributed by atoms with Crippen LogP contribution in [0.3, 0.4) is 0 Å². The molecule has 0 heterocycles. The second-order valence-corrected chi connectivity index (χ2v) is 6.22. The summed E-state index contributed by atoms with van der Waals surface area (Å²) in [5, 5.41) is 0.558. The third-order valence-corrected chi connectivity index (χ3v) is 4.59. The maximum absolute atomic E-state index is 13.0. The fraction of sp³-hybridized carbons (Fsp3) is 0.200. The molecule has 0 saturated heterocycles. The van der Waals surface area contributed by atoms with Crippen molar-refractivity contribution in [3.63, 3.8) is 0 Å². The van der Waals surface area contributed by atoms with Crippen molar-refractivity contribution in [3.8, 4) is 0 Å². The number of ketones is 2. The van der Waals surface area contributed by atoms with E-state index >= 15 is 0 Å². The normalized spacial score (nSPS) is 20.4. The van der Waals surface area contributed by atoms with Gasteiger partial charge in [-0.25, -0.2) is 0 Å². The van der Waals surface area contributed by atoms with Gasteiger partial charge < -0.3 is 4.74 Å². The van der Waals surface area contributed by atoms with E-state index < -0.39 is 5.92 Å². The van der Waals surface area contributed by atoms with Crippen molar-refractivity contribution in [1.29, 1.82) is 0 Å². The molecule has 0 N–H and O–H groups in total. The zero-order valence-corrected chi connectivity index (χ0v) is 14.0. The fourth-order valence-electron chi connectivity index (χ4n) is 3.10. The lowest BCUT2D eigenvalue weighted by molar-refractivity contribution is -0.118. The van der Waals surface area contributed by atoms with Crippen LogP contribution in [0.25, 0.3) is 0 Å². The third kappa shape index (κ3) is 3.26. The van der Waals surface area contributed by atoms with Gasteiger partial charge in [-0.1, -0.05) is 41.9 Å². The second kappa shape index (κ2) is 7.02. The summed E-state index contributed by atoms with van der Waals surface area (Å²) >= 11 is 5.89. The minimum atomic E-state index is -0.743. The van der Waals surface area contributed by atoms with Gasteiger partial charge in [-0.15, -0.1) is 0 Å². The molecule has 4 heteroatoms. The van der Waals surface area contributed by atoms with E-state index in [4.69, 9.17) is 16.3 Å². The summed E-state index contributed by atoms with van der Waals surface area (Å²) in [6.45, 7) is 0. The number of methoxy groups -OCH3 is 1. The molecule has 0 bridgehead atoms. The van der Waals surface area contributed by atoms with Crippen LogP contribution in [0.15, 0.2) is 66.4 Å². The molecular weight excluding hydrogens is 324 g/mol. The van der Waals surface area contributed by atoms with E-state index in [1.54, 1.807) is 31.4 Å². The second-order valence-electron chi connectivity index (χ2n) is 5.79. The monoisotopic (exact) mass is 340 g/mol. The largest absolute Gasteiger partial charge is 0.501 e. The lowest BCUT2D eigenvalue weighted by Gasteiger charge is -2.29. The van der Waals surface area contributed by atoms with Gasteiger partial charge >= 0.3 is 0 Å². The summed E-state index contributed by atoms with van der Waals surface area (Å²) in [6, 6.07) is 16.3. The molecular formula is C20H17ClO3. The molecule has 0 radical (unpaired) electrons. The molecule has 3 rings (SSSR count). The number of hydrogen-bond donors (Lipinski definition) is 0. The van der Waals surface area contributed by atoms with Crippen molar-refractivity contribution >= 4 is 23.2 Å². The number of benzene rings is 2. The number of hydrogen-bond acceptors (Lipinski definition) is 3. The first kappa shape index (κ1) is 16.5. The Bertz CT molecular complexity index is 778. The molecule has 3 nitrogen and oxygen atoms in total. The van der Waals surface area contributed by atoms with Crippen LogP contribution in [0.5, 0.6) is 0 Å². The Morgan fingerprint density at radius 2 is 1.75 bits per heavy atom. The number of rotatable bonds is 4. The molecule has 0 aliphatic heterocycles. The van der Waals surface area contributed by atoms with Gasteiger partial charge in [-0.2, -0.15) is 0 Å². The molecule has 2 aromatic rings. The topological polar surface area (TPSA) is 43.4 Å². The summed E-state index contributed by atoms with van der Waals surface area (Å²) in [7, 11) is 1.54. The van der Waals surface area contributed by atoms with Gasteiger partial charge in [-0.05, 0) is 29.8 Å². The summed E-state index contributed by atoms with van der Waals surface area (Å²) in [5.41, 5.74) is 1.45. The van der Waals surface area contributed by atoms with Crippen molar-refractivity contribution in [1.82, 2.24) is 0 Å². The van der Waals surface area contributed by atoms with E-state index in [1.165, 1.54) is 6.08 Å². The van der Waals surface area contributed by atoms with E-state index in [-0.39, 0.29) is 17.5 Å². The molecule has 0 fully saturated rings. The van der Waals surface area contributed by atoms with Gasteiger partial charge in [-0.3, -0.25) is 9.59 Å². The Labute approximate surface area is 145 Å². The van der Waals surface area contributed by atoms with E-state index in [9.17, 15) is 9.59 Å². The van der Waals surface area contributed by atoms with Gasteiger partial charge in [0.15, 0.2) is 11.6 Å². The predicted molar refractivity (Wildman–Crippen MR) is 93.2 cm³/mol. The Morgan fingerprint density at radius 3 is 2.38 bits per heavy atom. The van der Waals surface area contributed by atoms with Crippen LogP contribution < -0.4 is 0 Å². The zero-order chi connectivity index (χ0) is 17.1. The van der Waals surface area contributed by atoms with Crippen molar-refractivity contribution in [2.24, 2.45) is 5.92 Å². The van der Waals surface area contributed by atoms with Gasteiger partial charge in [0.1, 0.15) is 0 Å². The first-order valence-corrected chi connectivity index (χ1v) is 8.11. The Balaban J connectivity index is 2.01. The highest BCUT2D eigenvalue weighted by molar-refractivity contribution is 6.30. The predicted octanol–water partition coefficient (Wildman–Crippen LogP) is 4.43. The highest BCUT2D eigenvalue weighted by atomic mass is 35.5. The summed E-state index contributed by atoms with van der Waals surface area (Å²) in [4.78, 5) is 25.6. The lowest BCUT2D eigenvalue weighted by Crippen LogP contribution is -2.33. The zero-order valence-electron chi connectivity index (χ0n) is 13.2. The fourth-order valence-corrected chi connectivity index (χ4v) is 3.22. The SMILES string of the molecule is COC1=CC(=O)C(C(=O)c2ccc(Cl)cc2)C(c2ccccc2)C1. The Kier molecular flexibility index (Phi) is 4.81. The van der Waals surface area contributed by atoms with Crippen LogP contribution in [0, 0.1) is 5.92 Å². The smallest absolute Gasteiger partial charge is 0.174 e. The number of halogens is 1. The van der Waals surface area contributed by atoms with Gasteiger partial charge in [0.2, 0.25) is 0 Å². The number of Topliss-reactive ketones (excluding diaryl/α,β-unsaturated/α-hetero) is 1. The molecule has 122 valence electrons. The van der Waals surface area contributed by atoms with Crippen molar-refractivity contribution < 1.29 is 14.3 Å². The molecule has 0 spiro atoms. The minimum Gasteiger partial charge on any atom is -0.501 e. The van der Waals surface area contributed by atoms with Crippen LogP contribution in [0.4, 0.5) is 0 Å². The third-order valence-electron chi connectivity index (χ3n) is 4.33. The molecule has 0 amide bonds. The Hall–Kier alpha value is -2.39. The number of allylic oxidation sites excluding steroid dienone is 2. The Morgan fingerprint density at radius 1 is 1.08 bits per heavy atom. The minimum absolute atomic E-state index is 0.183. The highest BCUT2D eigenvalue weighted by Gasteiger charge is 2.39. The summed E-state index contributed by atoms with van der Waals surface area (Å²) in [5.74, 6) is -0.771. The molecule has 1 aliphatic carbocycles. The van der Waals surface area contributed by atoms with Gasteiger partial charge in [0.25, 0.3) is 0 Å². The average molecular weight is 341 g/mol. The van der Waals surface area contributed by atoms with E-state index in [0.717, 1.165) is 5.56 Å². The number of carbonyl (C=O) groups is 2. The molecule has 24 heavy (non-hydrogen) atoms. The molecule has 0 saturated carbocycles. The average Bonchev–Trinajstić information content (AvgIpc) is 2.62.